The molecule has 0 saturated heterocycles. The quantitative estimate of drug-likeness (QED) is 0.735. The SMILES string of the molecule is ClOCC(C1C=Cc2ccccc21)C1C=Cc2ccccc21. The summed E-state index contributed by atoms with van der Waals surface area (Å²) in [5.41, 5.74) is 5.36. The van der Waals surface area contributed by atoms with Gasteiger partial charge in [0.25, 0.3) is 0 Å². The second kappa shape index (κ2) is 5.75. The molecule has 22 heavy (non-hydrogen) atoms. The minimum Gasteiger partial charge on any atom is -0.279 e. The molecule has 0 bridgehead atoms. The van der Waals surface area contributed by atoms with Gasteiger partial charge in [0.2, 0.25) is 0 Å². The lowest BCUT2D eigenvalue weighted by Gasteiger charge is -2.28. The van der Waals surface area contributed by atoms with Crippen LogP contribution in [0.15, 0.2) is 60.7 Å². The van der Waals surface area contributed by atoms with E-state index in [1.54, 1.807) is 0 Å². The standard InChI is InChI=1S/C20H17ClO/c21-22-13-20(18-11-9-14-5-1-3-7-16(14)18)19-12-10-15-6-2-4-8-17(15)19/h1-12,18-20H,13H2. The molecule has 0 fully saturated rings. The van der Waals surface area contributed by atoms with E-state index in [4.69, 9.17) is 16.2 Å². The van der Waals surface area contributed by atoms with E-state index in [9.17, 15) is 0 Å². The third-order valence-corrected chi connectivity index (χ3v) is 4.98. The summed E-state index contributed by atoms with van der Waals surface area (Å²) < 4.78 is 5.06. The van der Waals surface area contributed by atoms with Crippen molar-refractivity contribution in [2.75, 3.05) is 6.61 Å². The minimum atomic E-state index is 0.303. The van der Waals surface area contributed by atoms with Crippen LogP contribution >= 0.6 is 11.9 Å². The van der Waals surface area contributed by atoms with Gasteiger partial charge in [0, 0.05) is 17.8 Å². The van der Waals surface area contributed by atoms with Crippen LogP contribution in [0, 0.1) is 5.92 Å². The zero-order valence-corrected chi connectivity index (χ0v) is 12.9. The summed E-state index contributed by atoms with van der Waals surface area (Å²) in [6, 6.07) is 17.2. The number of hydrogen-bond donors (Lipinski definition) is 0. The first kappa shape index (κ1) is 13.8. The Balaban J connectivity index is 1.72. The number of halogens is 1. The number of hydrogen-bond acceptors (Lipinski definition) is 1. The Labute approximate surface area is 136 Å². The fourth-order valence-electron chi connectivity index (χ4n) is 3.80. The van der Waals surface area contributed by atoms with Gasteiger partial charge in [-0.25, -0.2) is 0 Å². The molecular weight excluding hydrogens is 292 g/mol. The third-order valence-electron chi connectivity index (χ3n) is 4.85. The summed E-state index contributed by atoms with van der Waals surface area (Å²) in [4.78, 5) is 0. The topological polar surface area (TPSA) is 9.23 Å². The maximum atomic E-state index is 5.66. The van der Waals surface area contributed by atoms with E-state index in [0.29, 0.717) is 24.4 Å². The maximum Gasteiger partial charge on any atom is 0.0728 e. The second-order valence-corrected chi connectivity index (χ2v) is 6.19. The van der Waals surface area contributed by atoms with Crippen LogP contribution in [-0.4, -0.2) is 6.61 Å². The number of allylic oxidation sites excluding steroid dienone is 2. The number of rotatable bonds is 4. The van der Waals surface area contributed by atoms with Gasteiger partial charge in [-0.15, -0.1) is 0 Å². The second-order valence-electron chi connectivity index (χ2n) is 5.97. The summed E-state index contributed by atoms with van der Waals surface area (Å²) in [5, 5.41) is 0. The van der Waals surface area contributed by atoms with Crippen molar-refractivity contribution in [3.63, 3.8) is 0 Å². The van der Waals surface area contributed by atoms with Crippen LogP contribution < -0.4 is 0 Å². The van der Waals surface area contributed by atoms with E-state index in [2.05, 4.69) is 72.8 Å². The van der Waals surface area contributed by atoms with E-state index in [1.165, 1.54) is 22.3 Å². The molecule has 1 nitrogen and oxygen atoms in total. The van der Waals surface area contributed by atoms with Gasteiger partial charge in [-0.1, -0.05) is 72.8 Å². The molecular formula is C20H17ClO. The van der Waals surface area contributed by atoms with Crippen LogP contribution in [0.5, 0.6) is 0 Å². The van der Waals surface area contributed by atoms with Crippen molar-refractivity contribution in [2.45, 2.75) is 11.8 Å². The Kier molecular flexibility index (Phi) is 3.61. The highest BCUT2D eigenvalue weighted by atomic mass is 35.5. The van der Waals surface area contributed by atoms with E-state index >= 15 is 0 Å². The van der Waals surface area contributed by atoms with Crippen LogP contribution in [0.2, 0.25) is 0 Å². The normalized spacial score (nSPS) is 22.6. The highest BCUT2D eigenvalue weighted by molar-refractivity contribution is 6.07. The summed E-state index contributed by atoms with van der Waals surface area (Å²) in [6.45, 7) is 0.536. The van der Waals surface area contributed by atoms with E-state index in [-0.39, 0.29) is 0 Å². The molecule has 4 rings (SSSR count). The average Bonchev–Trinajstić information content (AvgIpc) is 3.17. The van der Waals surface area contributed by atoms with Crippen molar-refractivity contribution in [1.82, 2.24) is 0 Å². The monoisotopic (exact) mass is 308 g/mol. The molecule has 2 unspecified atom stereocenters. The Morgan fingerprint density at radius 2 is 1.32 bits per heavy atom. The molecule has 0 N–H and O–H groups in total. The van der Waals surface area contributed by atoms with Crippen molar-refractivity contribution in [3.8, 4) is 0 Å². The molecule has 0 amide bonds. The van der Waals surface area contributed by atoms with Gasteiger partial charge in [-0.05, 0) is 22.3 Å². The summed E-state index contributed by atoms with van der Waals surface area (Å²) in [6.07, 6.45) is 9.01. The average molecular weight is 309 g/mol. The molecule has 2 aliphatic rings. The van der Waals surface area contributed by atoms with Crippen molar-refractivity contribution in [2.24, 2.45) is 5.92 Å². The van der Waals surface area contributed by atoms with Gasteiger partial charge in [0.05, 0.1) is 18.5 Å². The molecule has 2 aromatic carbocycles. The third kappa shape index (κ3) is 2.22. The fraction of sp³-hybridized carbons (Fsp3) is 0.200. The number of benzene rings is 2. The smallest absolute Gasteiger partial charge is 0.0728 e. The van der Waals surface area contributed by atoms with Gasteiger partial charge in [0.15, 0.2) is 0 Å². The van der Waals surface area contributed by atoms with Crippen LogP contribution in [0.4, 0.5) is 0 Å². The molecule has 2 heteroatoms. The molecule has 0 heterocycles. The summed E-state index contributed by atoms with van der Waals surface area (Å²) >= 11 is 5.66. The van der Waals surface area contributed by atoms with E-state index < -0.39 is 0 Å². The lowest BCUT2D eigenvalue weighted by molar-refractivity contribution is 0.244. The lowest BCUT2D eigenvalue weighted by Crippen LogP contribution is -2.21. The summed E-state index contributed by atoms with van der Waals surface area (Å²) in [5.74, 6) is 0.990. The number of fused-ring (bicyclic) bond motifs is 2. The Morgan fingerprint density at radius 1 is 0.818 bits per heavy atom. The lowest BCUT2D eigenvalue weighted by atomic mass is 9.77. The molecule has 2 aliphatic carbocycles. The molecule has 0 aromatic heterocycles. The highest BCUT2D eigenvalue weighted by Crippen LogP contribution is 2.45. The predicted molar refractivity (Wildman–Crippen MR) is 91.7 cm³/mol. The van der Waals surface area contributed by atoms with Gasteiger partial charge >= 0.3 is 0 Å². The molecule has 0 radical (unpaired) electrons. The van der Waals surface area contributed by atoms with Crippen molar-refractivity contribution in [3.05, 3.63) is 82.9 Å². The van der Waals surface area contributed by atoms with Crippen molar-refractivity contribution in [1.29, 1.82) is 0 Å². The largest absolute Gasteiger partial charge is 0.279 e. The van der Waals surface area contributed by atoms with Gasteiger partial charge in [-0.3, -0.25) is 4.29 Å². The van der Waals surface area contributed by atoms with E-state index in [0.717, 1.165) is 0 Å². The van der Waals surface area contributed by atoms with Gasteiger partial charge < -0.3 is 0 Å². The zero-order valence-electron chi connectivity index (χ0n) is 12.2. The van der Waals surface area contributed by atoms with Crippen LogP contribution in [0.3, 0.4) is 0 Å². The Morgan fingerprint density at radius 3 is 1.82 bits per heavy atom. The first-order valence-corrected chi connectivity index (χ1v) is 7.97. The zero-order chi connectivity index (χ0) is 14.9. The molecule has 0 spiro atoms. The van der Waals surface area contributed by atoms with E-state index in [1.807, 2.05) is 0 Å². The Bertz CT molecular complexity index is 685. The van der Waals surface area contributed by atoms with Crippen molar-refractivity contribution >= 4 is 24.0 Å². The molecule has 2 atom stereocenters. The first-order chi connectivity index (χ1) is 10.9. The first-order valence-electron chi connectivity index (χ1n) is 7.66. The molecule has 0 aliphatic heterocycles. The molecule has 0 saturated carbocycles. The van der Waals surface area contributed by atoms with Crippen LogP contribution in [0.25, 0.3) is 12.2 Å². The molecule has 110 valence electrons. The van der Waals surface area contributed by atoms with Gasteiger partial charge in [-0.2, -0.15) is 0 Å². The minimum absolute atomic E-state index is 0.303. The molecule has 2 aromatic rings. The predicted octanol–water partition coefficient (Wildman–Crippen LogP) is 5.39. The van der Waals surface area contributed by atoms with Crippen LogP contribution in [-0.2, 0) is 4.29 Å². The van der Waals surface area contributed by atoms with Gasteiger partial charge in [0.1, 0.15) is 0 Å². The summed E-state index contributed by atoms with van der Waals surface area (Å²) in [7, 11) is 0. The van der Waals surface area contributed by atoms with Crippen LogP contribution in [0.1, 0.15) is 34.1 Å². The Hall–Kier alpha value is -1.83. The van der Waals surface area contributed by atoms with Crippen molar-refractivity contribution < 1.29 is 4.29 Å². The maximum absolute atomic E-state index is 5.66. The highest BCUT2D eigenvalue weighted by Gasteiger charge is 2.34. The fourth-order valence-corrected chi connectivity index (χ4v) is 3.95.